The van der Waals surface area contributed by atoms with Crippen LogP contribution in [0.1, 0.15) is 24.3 Å². The van der Waals surface area contributed by atoms with Crippen LogP contribution in [-0.2, 0) is 9.53 Å². The number of aromatic nitrogens is 2. The number of carbonyl (C=O) groups excluding carboxylic acids is 1. The molecule has 5 nitrogen and oxygen atoms in total. The van der Waals surface area contributed by atoms with Crippen LogP contribution in [-0.4, -0.2) is 47.4 Å². The number of hydrogen-bond donors (Lipinski definition) is 0. The van der Waals surface area contributed by atoms with Crippen molar-refractivity contribution in [3.05, 3.63) is 48.3 Å². The number of amides is 1. The van der Waals surface area contributed by atoms with E-state index >= 15 is 0 Å². The molecule has 0 aliphatic carbocycles. The van der Waals surface area contributed by atoms with Crippen molar-refractivity contribution in [3.63, 3.8) is 0 Å². The Hall–Kier alpha value is -2.14. The van der Waals surface area contributed by atoms with Gasteiger partial charge in [0, 0.05) is 26.4 Å². The fourth-order valence-corrected chi connectivity index (χ4v) is 2.95. The van der Waals surface area contributed by atoms with Gasteiger partial charge in [0.1, 0.15) is 6.61 Å². The van der Waals surface area contributed by atoms with Crippen LogP contribution in [0.25, 0.3) is 5.69 Å². The summed E-state index contributed by atoms with van der Waals surface area (Å²) in [7, 11) is 1.56. The SMILES string of the molecule is COCC(=O)N1CCC(c2cnn(-c3ccccc3)c2)CC1. The van der Waals surface area contributed by atoms with Crippen molar-refractivity contribution >= 4 is 5.91 Å². The smallest absolute Gasteiger partial charge is 0.248 e. The highest BCUT2D eigenvalue weighted by molar-refractivity contribution is 5.77. The lowest BCUT2D eigenvalue weighted by Crippen LogP contribution is -2.39. The summed E-state index contributed by atoms with van der Waals surface area (Å²) >= 11 is 0. The standard InChI is InChI=1S/C17H21N3O2/c1-22-13-17(21)19-9-7-14(8-10-19)15-11-18-20(12-15)16-5-3-2-4-6-16/h2-6,11-12,14H,7-10,13H2,1H3. The van der Waals surface area contributed by atoms with Crippen molar-refractivity contribution in [2.45, 2.75) is 18.8 Å². The second-order valence-corrected chi connectivity index (χ2v) is 5.64. The highest BCUT2D eigenvalue weighted by Crippen LogP contribution is 2.28. The van der Waals surface area contributed by atoms with E-state index in [0.29, 0.717) is 5.92 Å². The molecule has 2 heterocycles. The Morgan fingerprint density at radius 3 is 2.68 bits per heavy atom. The fraction of sp³-hybridized carbons (Fsp3) is 0.412. The second-order valence-electron chi connectivity index (χ2n) is 5.64. The largest absolute Gasteiger partial charge is 0.375 e. The van der Waals surface area contributed by atoms with Crippen LogP contribution in [0.4, 0.5) is 0 Å². The maximum absolute atomic E-state index is 11.8. The summed E-state index contributed by atoms with van der Waals surface area (Å²) in [6.07, 6.45) is 6.02. The number of para-hydroxylation sites is 1. The molecule has 1 saturated heterocycles. The number of hydrogen-bond acceptors (Lipinski definition) is 3. The second kappa shape index (κ2) is 6.75. The lowest BCUT2D eigenvalue weighted by molar-refractivity contribution is -0.136. The van der Waals surface area contributed by atoms with E-state index in [1.54, 1.807) is 7.11 Å². The molecule has 1 aromatic carbocycles. The monoisotopic (exact) mass is 299 g/mol. The van der Waals surface area contributed by atoms with Gasteiger partial charge in [-0.15, -0.1) is 0 Å². The van der Waals surface area contributed by atoms with E-state index in [1.165, 1.54) is 5.56 Å². The van der Waals surface area contributed by atoms with Crippen molar-refractivity contribution in [1.82, 2.24) is 14.7 Å². The van der Waals surface area contributed by atoms with Crippen molar-refractivity contribution in [2.24, 2.45) is 0 Å². The summed E-state index contributed by atoms with van der Waals surface area (Å²) in [5.41, 5.74) is 2.32. The van der Waals surface area contributed by atoms with E-state index in [-0.39, 0.29) is 12.5 Å². The first-order valence-electron chi connectivity index (χ1n) is 7.64. The molecule has 5 heteroatoms. The summed E-state index contributed by atoms with van der Waals surface area (Å²) in [5.74, 6) is 0.560. The molecule has 2 aromatic rings. The summed E-state index contributed by atoms with van der Waals surface area (Å²) < 4.78 is 6.83. The molecular weight excluding hydrogens is 278 g/mol. The molecule has 3 rings (SSSR count). The lowest BCUT2D eigenvalue weighted by atomic mass is 9.91. The Kier molecular flexibility index (Phi) is 4.53. The molecule has 1 aromatic heterocycles. The van der Waals surface area contributed by atoms with Gasteiger partial charge >= 0.3 is 0 Å². The number of rotatable bonds is 4. The average molecular weight is 299 g/mol. The van der Waals surface area contributed by atoms with Crippen molar-refractivity contribution < 1.29 is 9.53 Å². The molecule has 0 unspecified atom stereocenters. The summed E-state index contributed by atoms with van der Waals surface area (Å²) in [6.45, 7) is 1.77. The lowest BCUT2D eigenvalue weighted by Gasteiger charge is -2.31. The minimum absolute atomic E-state index is 0.0842. The van der Waals surface area contributed by atoms with Crippen LogP contribution in [0.5, 0.6) is 0 Å². The predicted molar refractivity (Wildman–Crippen MR) is 84.0 cm³/mol. The Morgan fingerprint density at radius 2 is 2.00 bits per heavy atom. The van der Waals surface area contributed by atoms with Gasteiger partial charge in [0.05, 0.1) is 11.9 Å². The summed E-state index contributed by atoms with van der Waals surface area (Å²) in [4.78, 5) is 13.7. The van der Waals surface area contributed by atoms with Crippen molar-refractivity contribution in [2.75, 3.05) is 26.8 Å². The van der Waals surface area contributed by atoms with Crippen LogP contribution >= 0.6 is 0 Å². The molecule has 0 spiro atoms. The number of methoxy groups -OCH3 is 1. The minimum atomic E-state index is 0.0842. The third-order valence-corrected chi connectivity index (χ3v) is 4.21. The molecule has 1 amide bonds. The highest BCUT2D eigenvalue weighted by Gasteiger charge is 2.24. The maximum Gasteiger partial charge on any atom is 0.248 e. The average Bonchev–Trinajstić information content (AvgIpc) is 3.06. The number of nitrogens with zero attached hydrogens (tertiary/aromatic N) is 3. The Labute approximate surface area is 130 Å². The van der Waals surface area contributed by atoms with E-state index < -0.39 is 0 Å². The third-order valence-electron chi connectivity index (χ3n) is 4.21. The molecule has 1 aliphatic rings. The van der Waals surface area contributed by atoms with Crippen molar-refractivity contribution in [3.8, 4) is 5.69 Å². The van der Waals surface area contributed by atoms with E-state index in [4.69, 9.17) is 4.74 Å². The van der Waals surface area contributed by atoms with Crippen LogP contribution in [0.15, 0.2) is 42.7 Å². The zero-order valence-electron chi connectivity index (χ0n) is 12.8. The number of ether oxygens (including phenoxy) is 1. The van der Waals surface area contributed by atoms with Crippen LogP contribution < -0.4 is 0 Å². The van der Waals surface area contributed by atoms with Gasteiger partial charge < -0.3 is 9.64 Å². The topological polar surface area (TPSA) is 47.4 Å². The minimum Gasteiger partial charge on any atom is -0.375 e. The Morgan fingerprint density at radius 1 is 1.27 bits per heavy atom. The van der Waals surface area contributed by atoms with Gasteiger partial charge in [-0.3, -0.25) is 4.79 Å². The molecule has 1 aliphatic heterocycles. The zero-order valence-corrected chi connectivity index (χ0v) is 12.8. The number of likely N-dealkylation sites (tertiary alicyclic amines) is 1. The quantitative estimate of drug-likeness (QED) is 0.870. The van der Waals surface area contributed by atoms with Gasteiger partial charge in [-0.05, 0) is 36.5 Å². The third kappa shape index (κ3) is 3.20. The van der Waals surface area contributed by atoms with Gasteiger partial charge in [0.2, 0.25) is 5.91 Å². The van der Waals surface area contributed by atoms with E-state index in [0.717, 1.165) is 31.6 Å². The Bertz CT molecular complexity index is 616. The highest BCUT2D eigenvalue weighted by atomic mass is 16.5. The first-order chi connectivity index (χ1) is 10.8. The van der Waals surface area contributed by atoms with E-state index in [2.05, 4.69) is 11.3 Å². The van der Waals surface area contributed by atoms with Crippen LogP contribution in [0.2, 0.25) is 0 Å². The fourth-order valence-electron chi connectivity index (χ4n) is 2.95. The van der Waals surface area contributed by atoms with E-state index in [1.807, 2.05) is 46.1 Å². The van der Waals surface area contributed by atoms with Gasteiger partial charge in [-0.1, -0.05) is 18.2 Å². The summed E-state index contributed by atoms with van der Waals surface area (Å²) in [6, 6.07) is 10.1. The molecule has 0 atom stereocenters. The maximum atomic E-state index is 11.8. The van der Waals surface area contributed by atoms with Gasteiger partial charge in [0.25, 0.3) is 0 Å². The number of piperidine rings is 1. The molecule has 22 heavy (non-hydrogen) atoms. The van der Waals surface area contributed by atoms with E-state index in [9.17, 15) is 4.79 Å². The number of carbonyl (C=O) groups is 1. The molecule has 0 N–H and O–H groups in total. The molecular formula is C17H21N3O2. The van der Waals surface area contributed by atoms with Crippen molar-refractivity contribution in [1.29, 1.82) is 0 Å². The van der Waals surface area contributed by atoms with Gasteiger partial charge in [0.15, 0.2) is 0 Å². The summed E-state index contributed by atoms with van der Waals surface area (Å²) in [5, 5.41) is 4.46. The van der Waals surface area contributed by atoms with Crippen LogP contribution in [0, 0.1) is 0 Å². The van der Waals surface area contributed by atoms with Gasteiger partial charge in [-0.25, -0.2) is 4.68 Å². The molecule has 0 saturated carbocycles. The molecule has 0 bridgehead atoms. The van der Waals surface area contributed by atoms with Crippen LogP contribution in [0.3, 0.4) is 0 Å². The van der Waals surface area contributed by atoms with Gasteiger partial charge in [-0.2, -0.15) is 5.10 Å². The number of benzene rings is 1. The first-order valence-corrected chi connectivity index (χ1v) is 7.64. The molecule has 0 radical (unpaired) electrons. The molecule has 116 valence electrons. The molecule has 1 fully saturated rings. The normalized spacial score (nSPS) is 16.0. The zero-order chi connectivity index (χ0) is 15.4. The first kappa shape index (κ1) is 14.8. The Balaban J connectivity index is 1.63. The predicted octanol–water partition coefficient (Wildman–Crippen LogP) is 2.22.